The fourth-order valence-electron chi connectivity index (χ4n) is 3.79. The van der Waals surface area contributed by atoms with Gasteiger partial charge in [0.15, 0.2) is 0 Å². The van der Waals surface area contributed by atoms with Crippen molar-refractivity contribution in [1.82, 2.24) is 19.3 Å². The molecule has 1 saturated carbocycles. The van der Waals surface area contributed by atoms with Gasteiger partial charge in [-0.3, -0.25) is 4.68 Å². The quantitative estimate of drug-likeness (QED) is 0.863. The van der Waals surface area contributed by atoms with Crippen LogP contribution >= 0.6 is 0 Å². The molecule has 1 atom stereocenters. The molecule has 0 aromatic carbocycles. The van der Waals surface area contributed by atoms with E-state index in [1.165, 1.54) is 0 Å². The molecular formula is C16H28N4O3S. The minimum atomic E-state index is -3.19. The zero-order valence-corrected chi connectivity index (χ0v) is 15.4. The summed E-state index contributed by atoms with van der Waals surface area (Å²) in [6.45, 7) is 5.25. The summed E-state index contributed by atoms with van der Waals surface area (Å²) in [5.74, 6) is 0.236. The van der Waals surface area contributed by atoms with Gasteiger partial charge in [0.1, 0.15) is 11.3 Å². The van der Waals surface area contributed by atoms with Crippen molar-refractivity contribution in [3.05, 3.63) is 11.9 Å². The Morgan fingerprint density at radius 2 is 2.04 bits per heavy atom. The molecule has 2 fully saturated rings. The van der Waals surface area contributed by atoms with E-state index in [-0.39, 0.29) is 11.2 Å². The highest BCUT2D eigenvalue weighted by atomic mass is 32.2. The smallest absolute Gasteiger partial charge is 0.216 e. The van der Waals surface area contributed by atoms with E-state index < -0.39 is 15.6 Å². The predicted octanol–water partition coefficient (Wildman–Crippen LogP) is 1.49. The maximum absolute atomic E-state index is 12.4. The van der Waals surface area contributed by atoms with Gasteiger partial charge in [0, 0.05) is 19.6 Å². The molecule has 0 bridgehead atoms. The molecular weight excluding hydrogens is 328 g/mol. The van der Waals surface area contributed by atoms with Crippen LogP contribution in [-0.4, -0.2) is 51.2 Å². The number of aliphatic hydroxyl groups is 1. The minimum absolute atomic E-state index is 0.236. The monoisotopic (exact) mass is 356 g/mol. The van der Waals surface area contributed by atoms with E-state index in [2.05, 4.69) is 10.3 Å². The van der Waals surface area contributed by atoms with Crippen molar-refractivity contribution < 1.29 is 13.5 Å². The van der Waals surface area contributed by atoms with Crippen molar-refractivity contribution in [3.8, 4) is 0 Å². The molecule has 24 heavy (non-hydrogen) atoms. The van der Waals surface area contributed by atoms with Crippen molar-refractivity contribution >= 4 is 10.0 Å². The molecule has 8 heteroatoms. The summed E-state index contributed by atoms with van der Waals surface area (Å²) in [6, 6.07) is 0. The van der Waals surface area contributed by atoms with Crippen molar-refractivity contribution in [2.24, 2.45) is 5.92 Å². The Morgan fingerprint density at radius 1 is 1.33 bits per heavy atom. The first-order chi connectivity index (χ1) is 11.3. The van der Waals surface area contributed by atoms with E-state index >= 15 is 0 Å². The third kappa shape index (κ3) is 3.50. The summed E-state index contributed by atoms with van der Waals surface area (Å²) in [7, 11) is -3.19. The number of hydrogen-bond donors (Lipinski definition) is 1. The van der Waals surface area contributed by atoms with E-state index in [4.69, 9.17) is 0 Å². The van der Waals surface area contributed by atoms with Crippen LogP contribution in [0.25, 0.3) is 0 Å². The van der Waals surface area contributed by atoms with Crippen LogP contribution in [0.4, 0.5) is 0 Å². The highest BCUT2D eigenvalue weighted by molar-refractivity contribution is 7.89. The van der Waals surface area contributed by atoms with Gasteiger partial charge >= 0.3 is 0 Å². The average molecular weight is 356 g/mol. The molecule has 1 aromatic heterocycles. The molecule has 0 amide bonds. The van der Waals surface area contributed by atoms with Crippen LogP contribution in [0.5, 0.6) is 0 Å². The van der Waals surface area contributed by atoms with Crippen LogP contribution in [0.1, 0.15) is 58.1 Å². The van der Waals surface area contributed by atoms with E-state index in [0.29, 0.717) is 25.3 Å². The first kappa shape index (κ1) is 17.8. The normalized spacial score (nSPS) is 25.4. The van der Waals surface area contributed by atoms with Gasteiger partial charge in [-0.15, -0.1) is 5.10 Å². The van der Waals surface area contributed by atoms with Crippen LogP contribution in [0.15, 0.2) is 6.20 Å². The van der Waals surface area contributed by atoms with Crippen molar-refractivity contribution in [3.63, 3.8) is 0 Å². The summed E-state index contributed by atoms with van der Waals surface area (Å²) in [5, 5.41) is 18.5. The standard InChI is InChI=1S/C16H28N4O3S/c1-13(2)24(22,23)20-9-5-6-14(11-20)10-19-12-15(17-18-19)16(21)7-3-4-8-16/h12-14,21H,3-11H2,1-2H3/t14-/m1/s1. The molecule has 0 spiro atoms. The molecule has 3 rings (SSSR count). The third-order valence-corrected chi connectivity index (χ3v) is 7.57. The van der Waals surface area contributed by atoms with Crippen molar-refractivity contribution in [2.45, 2.75) is 69.8 Å². The molecule has 2 aliphatic rings. The average Bonchev–Trinajstić information content (AvgIpc) is 3.17. The van der Waals surface area contributed by atoms with Gasteiger partial charge in [0.05, 0.1) is 11.4 Å². The summed E-state index contributed by atoms with van der Waals surface area (Å²) >= 11 is 0. The van der Waals surface area contributed by atoms with Crippen molar-refractivity contribution in [2.75, 3.05) is 13.1 Å². The van der Waals surface area contributed by atoms with Gasteiger partial charge in [-0.1, -0.05) is 18.1 Å². The number of rotatable bonds is 5. The maximum atomic E-state index is 12.4. The van der Waals surface area contributed by atoms with Gasteiger partial charge < -0.3 is 5.11 Å². The summed E-state index contributed by atoms with van der Waals surface area (Å²) in [6.07, 6.45) is 7.24. The number of aromatic nitrogens is 3. The zero-order valence-electron chi connectivity index (χ0n) is 14.6. The van der Waals surface area contributed by atoms with E-state index in [9.17, 15) is 13.5 Å². The Hall–Kier alpha value is -0.990. The maximum Gasteiger partial charge on any atom is 0.216 e. The second-order valence-corrected chi connectivity index (χ2v) is 10.0. The largest absolute Gasteiger partial charge is 0.383 e. The zero-order chi connectivity index (χ0) is 17.4. The molecule has 136 valence electrons. The second kappa shape index (κ2) is 6.72. The lowest BCUT2D eigenvalue weighted by atomic mass is 9.98. The van der Waals surface area contributed by atoms with Crippen LogP contribution in [-0.2, 0) is 22.2 Å². The molecule has 2 heterocycles. The molecule has 1 N–H and O–H groups in total. The Morgan fingerprint density at radius 3 is 2.71 bits per heavy atom. The molecule has 1 aromatic rings. The Bertz CT molecular complexity index is 665. The molecule has 1 aliphatic carbocycles. The SMILES string of the molecule is CC(C)S(=O)(=O)N1CCC[C@H](Cn2cc(C3(O)CCCC3)nn2)C1. The Kier molecular flexibility index (Phi) is 4.99. The van der Waals surface area contributed by atoms with E-state index in [1.807, 2.05) is 6.20 Å². The van der Waals surface area contributed by atoms with Crippen LogP contribution in [0.2, 0.25) is 0 Å². The fraction of sp³-hybridized carbons (Fsp3) is 0.875. The molecule has 1 aliphatic heterocycles. The van der Waals surface area contributed by atoms with Gasteiger partial charge in [-0.05, 0) is 45.4 Å². The number of sulfonamides is 1. The lowest BCUT2D eigenvalue weighted by molar-refractivity contribution is 0.0398. The van der Waals surface area contributed by atoms with Crippen LogP contribution in [0.3, 0.4) is 0 Å². The summed E-state index contributed by atoms with van der Waals surface area (Å²) < 4.78 is 28.1. The lowest BCUT2D eigenvalue weighted by Crippen LogP contribution is -2.44. The van der Waals surface area contributed by atoms with Gasteiger partial charge in [-0.25, -0.2) is 12.7 Å². The summed E-state index contributed by atoms with van der Waals surface area (Å²) in [5.41, 5.74) is -0.167. The van der Waals surface area contributed by atoms with E-state index in [0.717, 1.165) is 38.5 Å². The van der Waals surface area contributed by atoms with Crippen LogP contribution < -0.4 is 0 Å². The molecule has 0 radical (unpaired) electrons. The van der Waals surface area contributed by atoms with Gasteiger partial charge in [-0.2, -0.15) is 0 Å². The van der Waals surface area contributed by atoms with E-state index in [1.54, 1.807) is 22.8 Å². The first-order valence-corrected chi connectivity index (χ1v) is 10.4. The first-order valence-electron chi connectivity index (χ1n) is 8.93. The molecule has 1 saturated heterocycles. The molecule has 0 unspecified atom stereocenters. The number of nitrogens with zero attached hydrogens (tertiary/aromatic N) is 4. The Balaban J connectivity index is 1.65. The number of piperidine rings is 1. The fourth-order valence-corrected chi connectivity index (χ4v) is 5.19. The second-order valence-electron chi connectivity index (χ2n) is 7.52. The third-order valence-electron chi connectivity index (χ3n) is 5.33. The number of hydrogen-bond acceptors (Lipinski definition) is 5. The van der Waals surface area contributed by atoms with Gasteiger partial charge in [0.2, 0.25) is 10.0 Å². The highest BCUT2D eigenvalue weighted by Crippen LogP contribution is 2.37. The topological polar surface area (TPSA) is 88.3 Å². The Labute approximate surface area is 144 Å². The lowest BCUT2D eigenvalue weighted by Gasteiger charge is -2.32. The summed E-state index contributed by atoms with van der Waals surface area (Å²) in [4.78, 5) is 0. The highest BCUT2D eigenvalue weighted by Gasteiger charge is 2.36. The predicted molar refractivity (Wildman–Crippen MR) is 90.7 cm³/mol. The molecule has 7 nitrogen and oxygen atoms in total. The minimum Gasteiger partial charge on any atom is -0.383 e. The van der Waals surface area contributed by atoms with Gasteiger partial charge in [0.25, 0.3) is 0 Å². The van der Waals surface area contributed by atoms with Crippen molar-refractivity contribution in [1.29, 1.82) is 0 Å². The van der Waals surface area contributed by atoms with Crippen LogP contribution in [0, 0.1) is 5.92 Å².